The minimum atomic E-state index is -0.473. The van der Waals surface area contributed by atoms with Gasteiger partial charge in [-0.05, 0) is 66.2 Å². The number of halogens is 1. The van der Waals surface area contributed by atoms with Crippen LogP contribution < -0.4 is 9.47 Å². The Morgan fingerprint density at radius 1 is 1.04 bits per heavy atom. The number of ether oxygens (including phenoxy) is 3. The van der Waals surface area contributed by atoms with Gasteiger partial charge in [0, 0.05) is 11.1 Å². The topological polar surface area (TPSA) is 61.8 Å². The number of carbonyl (C=O) groups excluding carboxylic acids is 2. The van der Waals surface area contributed by atoms with E-state index in [1.807, 2.05) is 6.92 Å². The Morgan fingerprint density at radius 3 is 2.32 bits per heavy atom. The number of ketones is 1. The standard InChI is InChI=1S/C19H19BrO5/c1-4-24-17-7-5-13(12(2)21)9-15(17)11-25-19(22)14-6-8-18(23-3)16(20)10-14/h5-10H,4,11H2,1-3H3. The van der Waals surface area contributed by atoms with Crippen molar-refractivity contribution in [2.45, 2.75) is 20.5 Å². The fourth-order valence-electron chi connectivity index (χ4n) is 2.23. The highest BCUT2D eigenvalue weighted by Gasteiger charge is 2.13. The van der Waals surface area contributed by atoms with E-state index in [1.165, 1.54) is 6.92 Å². The molecule has 0 saturated heterocycles. The maximum absolute atomic E-state index is 12.3. The molecule has 132 valence electrons. The summed E-state index contributed by atoms with van der Waals surface area (Å²) in [4.78, 5) is 23.8. The zero-order chi connectivity index (χ0) is 18.4. The summed E-state index contributed by atoms with van der Waals surface area (Å²) < 4.78 is 16.7. The van der Waals surface area contributed by atoms with Gasteiger partial charge in [0.05, 0.1) is 23.8 Å². The van der Waals surface area contributed by atoms with E-state index in [-0.39, 0.29) is 12.4 Å². The first-order valence-corrected chi connectivity index (χ1v) is 8.52. The third kappa shape index (κ3) is 4.82. The van der Waals surface area contributed by atoms with Gasteiger partial charge >= 0.3 is 5.97 Å². The first-order chi connectivity index (χ1) is 12.0. The third-order valence-corrected chi connectivity index (χ3v) is 4.13. The lowest BCUT2D eigenvalue weighted by Gasteiger charge is -2.12. The van der Waals surface area contributed by atoms with E-state index in [1.54, 1.807) is 43.5 Å². The molecule has 0 atom stereocenters. The lowest BCUT2D eigenvalue weighted by Crippen LogP contribution is -2.08. The maximum Gasteiger partial charge on any atom is 0.338 e. The molecule has 2 aromatic rings. The third-order valence-electron chi connectivity index (χ3n) is 3.51. The SMILES string of the molecule is CCOc1ccc(C(C)=O)cc1COC(=O)c1ccc(OC)c(Br)c1. The van der Waals surface area contributed by atoms with Crippen LogP contribution in [0.2, 0.25) is 0 Å². The fourth-order valence-corrected chi connectivity index (χ4v) is 2.77. The summed E-state index contributed by atoms with van der Waals surface area (Å²) in [5.74, 6) is 0.689. The van der Waals surface area contributed by atoms with E-state index in [9.17, 15) is 9.59 Å². The second-order valence-corrected chi connectivity index (χ2v) is 6.09. The van der Waals surface area contributed by atoms with E-state index >= 15 is 0 Å². The Balaban J connectivity index is 2.16. The van der Waals surface area contributed by atoms with E-state index in [0.717, 1.165) is 0 Å². The molecule has 0 fully saturated rings. The summed E-state index contributed by atoms with van der Waals surface area (Å²) in [6.45, 7) is 3.84. The summed E-state index contributed by atoms with van der Waals surface area (Å²) in [7, 11) is 1.55. The van der Waals surface area contributed by atoms with Crippen LogP contribution in [0.1, 0.15) is 40.1 Å². The molecule has 0 saturated carbocycles. The van der Waals surface area contributed by atoms with Gasteiger partial charge in [0.2, 0.25) is 0 Å². The van der Waals surface area contributed by atoms with Crippen molar-refractivity contribution >= 4 is 27.7 Å². The van der Waals surface area contributed by atoms with Crippen LogP contribution in [0.5, 0.6) is 11.5 Å². The molecule has 6 heteroatoms. The van der Waals surface area contributed by atoms with E-state index in [0.29, 0.717) is 39.3 Å². The van der Waals surface area contributed by atoms with Gasteiger partial charge in [-0.3, -0.25) is 4.79 Å². The lowest BCUT2D eigenvalue weighted by atomic mass is 10.1. The lowest BCUT2D eigenvalue weighted by molar-refractivity contribution is 0.0469. The number of hydrogen-bond donors (Lipinski definition) is 0. The zero-order valence-corrected chi connectivity index (χ0v) is 15.9. The van der Waals surface area contributed by atoms with Crippen LogP contribution in [0.4, 0.5) is 0 Å². The highest BCUT2D eigenvalue weighted by atomic mass is 79.9. The summed E-state index contributed by atoms with van der Waals surface area (Å²) in [6.07, 6.45) is 0. The van der Waals surface area contributed by atoms with Crippen molar-refractivity contribution in [1.29, 1.82) is 0 Å². The van der Waals surface area contributed by atoms with Crippen LogP contribution in [0.3, 0.4) is 0 Å². The highest BCUT2D eigenvalue weighted by molar-refractivity contribution is 9.10. The molecule has 0 spiro atoms. The summed E-state index contributed by atoms with van der Waals surface area (Å²) in [5, 5.41) is 0. The Hall–Kier alpha value is -2.34. The van der Waals surface area contributed by atoms with E-state index in [4.69, 9.17) is 14.2 Å². The fraction of sp³-hybridized carbons (Fsp3) is 0.263. The average molecular weight is 407 g/mol. The number of esters is 1. The van der Waals surface area contributed by atoms with Gasteiger partial charge in [0.15, 0.2) is 5.78 Å². The molecule has 0 bridgehead atoms. The van der Waals surface area contributed by atoms with E-state index < -0.39 is 5.97 Å². The molecule has 0 radical (unpaired) electrons. The van der Waals surface area contributed by atoms with Crippen molar-refractivity contribution in [3.8, 4) is 11.5 Å². The van der Waals surface area contributed by atoms with Gasteiger partial charge in [-0.15, -0.1) is 0 Å². The Morgan fingerprint density at radius 2 is 1.72 bits per heavy atom. The molecule has 0 aliphatic carbocycles. The Bertz CT molecular complexity index is 785. The molecular weight excluding hydrogens is 388 g/mol. The van der Waals surface area contributed by atoms with Crippen molar-refractivity contribution in [2.24, 2.45) is 0 Å². The number of methoxy groups -OCH3 is 1. The summed E-state index contributed by atoms with van der Waals surface area (Å²) in [5.41, 5.74) is 1.59. The molecule has 0 aromatic heterocycles. The highest BCUT2D eigenvalue weighted by Crippen LogP contribution is 2.26. The molecule has 25 heavy (non-hydrogen) atoms. The quantitative estimate of drug-likeness (QED) is 0.503. The number of carbonyl (C=O) groups is 2. The number of Topliss-reactive ketones (excluding diaryl/α,β-unsaturated/α-hetero) is 1. The minimum Gasteiger partial charge on any atom is -0.496 e. The van der Waals surface area contributed by atoms with Gasteiger partial charge in [-0.25, -0.2) is 4.79 Å². The van der Waals surface area contributed by atoms with Gasteiger partial charge in [0.1, 0.15) is 18.1 Å². The second kappa shape index (κ2) is 8.67. The van der Waals surface area contributed by atoms with Gasteiger partial charge in [0.25, 0.3) is 0 Å². The summed E-state index contributed by atoms with van der Waals surface area (Å²) >= 11 is 3.34. The van der Waals surface area contributed by atoms with Crippen molar-refractivity contribution in [3.05, 3.63) is 57.6 Å². The molecule has 2 aromatic carbocycles. The molecule has 0 aliphatic rings. The Kier molecular flexibility index (Phi) is 6.58. The Labute approximate surface area is 155 Å². The van der Waals surface area contributed by atoms with Crippen LogP contribution in [-0.2, 0) is 11.3 Å². The van der Waals surface area contributed by atoms with Crippen molar-refractivity contribution in [3.63, 3.8) is 0 Å². The molecule has 0 heterocycles. The molecule has 0 N–H and O–H groups in total. The number of benzene rings is 2. The van der Waals surface area contributed by atoms with Gasteiger partial charge in [-0.1, -0.05) is 0 Å². The van der Waals surface area contributed by atoms with Crippen LogP contribution >= 0.6 is 15.9 Å². The van der Waals surface area contributed by atoms with Crippen molar-refractivity contribution in [2.75, 3.05) is 13.7 Å². The molecule has 5 nitrogen and oxygen atoms in total. The zero-order valence-electron chi connectivity index (χ0n) is 14.3. The molecule has 0 unspecified atom stereocenters. The normalized spacial score (nSPS) is 10.2. The summed E-state index contributed by atoms with van der Waals surface area (Å²) in [6, 6.07) is 10.0. The second-order valence-electron chi connectivity index (χ2n) is 5.24. The molecule has 0 amide bonds. The predicted molar refractivity (Wildman–Crippen MR) is 97.4 cm³/mol. The van der Waals surface area contributed by atoms with Gasteiger partial charge < -0.3 is 14.2 Å². The average Bonchev–Trinajstić information content (AvgIpc) is 2.60. The van der Waals surface area contributed by atoms with Crippen molar-refractivity contribution < 1.29 is 23.8 Å². The molecule has 2 rings (SSSR count). The molecular formula is C19H19BrO5. The minimum absolute atomic E-state index is 0.0128. The predicted octanol–water partition coefficient (Wildman–Crippen LogP) is 4.42. The van der Waals surface area contributed by atoms with Crippen LogP contribution in [0.25, 0.3) is 0 Å². The van der Waals surface area contributed by atoms with E-state index in [2.05, 4.69) is 15.9 Å². The monoisotopic (exact) mass is 406 g/mol. The number of rotatable bonds is 7. The van der Waals surface area contributed by atoms with Crippen LogP contribution in [-0.4, -0.2) is 25.5 Å². The maximum atomic E-state index is 12.3. The number of hydrogen-bond acceptors (Lipinski definition) is 5. The molecule has 0 aliphatic heterocycles. The first kappa shape index (κ1) is 19.0. The van der Waals surface area contributed by atoms with Crippen LogP contribution in [0, 0.1) is 0 Å². The van der Waals surface area contributed by atoms with Crippen LogP contribution in [0.15, 0.2) is 40.9 Å². The first-order valence-electron chi connectivity index (χ1n) is 7.73. The smallest absolute Gasteiger partial charge is 0.338 e. The van der Waals surface area contributed by atoms with Crippen molar-refractivity contribution in [1.82, 2.24) is 0 Å². The van der Waals surface area contributed by atoms with Gasteiger partial charge in [-0.2, -0.15) is 0 Å². The largest absolute Gasteiger partial charge is 0.496 e.